The van der Waals surface area contributed by atoms with Crippen LogP contribution in [0.25, 0.3) is 0 Å². The minimum atomic E-state index is -2.35. The van der Waals surface area contributed by atoms with Gasteiger partial charge in [0.05, 0.1) is 0 Å². The first kappa shape index (κ1) is 18.1. The number of unbranched alkanes of at least 4 members (excludes halogenated alkanes) is 3. The summed E-state index contributed by atoms with van der Waals surface area (Å²) in [6.45, 7) is 4.51. The van der Waals surface area contributed by atoms with E-state index in [9.17, 15) is 0 Å². The van der Waals surface area contributed by atoms with Crippen LogP contribution in [0.1, 0.15) is 39.0 Å². The molecular weight excluding hydrogens is 246 g/mol. The third kappa shape index (κ3) is 7.48. The average Bonchev–Trinajstić information content (AvgIpc) is 2.40. The fourth-order valence-electron chi connectivity index (χ4n) is 2.04. The zero-order valence-electron chi connectivity index (χ0n) is 12.8. The molecule has 0 radical (unpaired) electrons. The van der Waals surface area contributed by atoms with Crippen LogP contribution in [0.2, 0.25) is 6.04 Å². The monoisotopic (exact) mass is 277 g/mol. The van der Waals surface area contributed by atoms with Crippen LogP contribution >= 0.6 is 0 Å². The van der Waals surface area contributed by atoms with Gasteiger partial charge < -0.3 is 18.2 Å². The van der Waals surface area contributed by atoms with Crippen LogP contribution in [-0.2, 0) is 13.3 Å². The lowest BCUT2D eigenvalue weighted by Crippen LogP contribution is -2.43. The second-order valence-electron chi connectivity index (χ2n) is 4.76. The van der Waals surface area contributed by atoms with Gasteiger partial charge in [0, 0.05) is 27.4 Å². The smallest absolute Gasteiger partial charge is 0.377 e. The predicted octanol–water partition coefficient (Wildman–Crippen LogP) is 2.77. The van der Waals surface area contributed by atoms with Crippen LogP contribution in [0.4, 0.5) is 0 Å². The van der Waals surface area contributed by atoms with Crippen molar-refractivity contribution in [3.05, 3.63) is 0 Å². The van der Waals surface area contributed by atoms with Crippen molar-refractivity contribution in [3.8, 4) is 0 Å². The van der Waals surface area contributed by atoms with Gasteiger partial charge in [0.2, 0.25) is 0 Å². The first-order valence-electron chi connectivity index (χ1n) is 6.98. The maximum Gasteiger partial charge on any atom is 0.500 e. The highest BCUT2D eigenvalue weighted by Gasteiger charge is 2.36. The standard InChI is InChI=1S/C13H31NO3Si/c1-6-7-8-9-11-14(2)12-10-13-18(15-3,16-4)17-5/h6-13H2,1-5H3. The van der Waals surface area contributed by atoms with Gasteiger partial charge in [-0.25, -0.2) is 0 Å². The van der Waals surface area contributed by atoms with Crippen molar-refractivity contribution in [1.29, 1.82) is 0 Å². The van der Waals surface area contributed by atoms with E-state index in [-0.39, 0.29) is 0 Å². The normalized spacial score (nSPS) is 12.3. The minimum Gasteiger partial charge on any atom is -0.377 e. The van der Waals surface area contributed by atoms with Crippen molar-refractivity contribution < 1.29 is 13.3 Å². The highest BCUT2D eigenvalue weighted by atomic mass is 28.4. The first-order valence-corrected chi connectivity index (χ1v) is 8.91. The van der Waals surface area contributed by atoms with Gasteiger partial charge in [-0.15, -0.1) is 0 Å². The van der Waals surface area contributed by atoms with Gasteiger partial charge in [0.25, 0.3) is 0 Å². The van der Waals surface area contributed by atoms with Crippen molar-refractivity contribution in [2.45, 2.75) is 45.1 Å². The van der Waals surface area contributed by atoms with Crippen LogP contribution < -0.4 is 0 Å². The molecule has 0 aliphatic heterocycles. The van der Waals surface area contributed by atoms with Crippen molar-refractivity contribution in [2.75, 3.05) is 41.5 Å². The molecule has 18 heavy (non-hydrogen) atoms. The number of hydrogen-bond donors (Lipinski definition) is 0. The molecule has 0 bridgehead atoms. The number of rotatable bonds is 12. The summed E-state index contributed by atoms with van der Waals surface area (Å²) in [6.07, 6.45) is 6.35. The molecule has 0 aliphatic carbocycles. The van der Waals surface area contributed by atoms with Gasteiger partial charge in [0.15, 0.2) is 0 Å². The summed E-state index contributed by atoms with van der Waals surface area (Å²) in [5.74, 6) is 0. The Hall–Kier alpha value is 0.0569. The minimum absolute atomic E-state index is 0.885. The molecule has 4 nitrogen and oxygen atoms in total. The van der Waals surface area contributed by atoms with E-state index in [4.69, 9.17) is 13.3 Å². The summed E-state index contributed by atoms with van der Waals surface area (Å²) in [5.41, 5.74) is 0. The van der Waals surface area contributed by atoms with Crippen molar-refractivity contribution in [3.63, 3.8) is 0 Å². The number of hydrogen-bond acceptors (Lipinski definition) is 4. The Labute approximate surface area is 114 Å². The molecule has 5 heteroatoms. The molecule has 0 aromatic carbocycles. The molecule has 0 heterocycles. The molecule has 0 N–H and O–H groups in total. The van der Waals surface area contributed by atoms with Gasteiger partial charge in [-0.2, -0.15) is 0 Å². The second kappa shape index (κ2) is 10.9. The van der Waals surface area contributed by atoms with E-state index in [1.54, 1.807) is 21.3 Å². The summed E-state index contributed by atoms with van der Waals surface area (Å²) in [6, 6.07) is 0.885. The zero-order chi connectivity index (χ0) is 13.9. The summed E-state index contributed by atoms with van der Waals surface area (Å²) >= 11 is 0. The quantitative estimate of drug-likeness (QED) is 0.405. The Morgan fingerprint density at radius 1 is 0.833 bits per heavy atom. The Kier molecular flexibility index (Phi) is 11.0. The third-order valence-electron chi connectivity index (χ3n) is 3.35. The van der Waals surface area contributed by atoms with Crippen molar-refractivity contribution in [2.24, 2.45) is 0 Å². The molecule has 0 aromatic rings. The highest BCUT2D eigenvalue weighted by molar-refractivity contribution is 6.60. The molecule has 0 aliphatic rings. The molecule has 0 aromatic heterocycles. The predicted molar refractivity (Wildman–Crippen MR) is 77.8 cm³/mol. The Morgan fingerprint density at radius 3 is 1.89 bits per heavy atom. The zero-order valence-corrected chi connectivity index (χ0v) is 13.8. The lowest BCUT2D eigenvalue weighted by molar-refractivity contribution is 0.122. The highest BCUT2D eigenvalue weighted by Crippen LogP contribution is 2.15. The van der Waals surface area contributed by atoms with Crippen molar-refractivity contribution >= 4 is 8.80 Å². The molecule has 0 atom stereocenters. The van der Waals surface area contributed by atoms with Crippen LogP contribution in [0.5, 0.6) is 0 Å². The van der Waals surface area contributed by atoms with E-state index in [1.165, 1.54) is 32.2 Å². The van der Waals surface area contributed by atoms with Crippen LogP contribution in [-0.4, -0.2) is 55.2 Å². The van der Waals surface area contributed by atoms with Crippen LogP contribution in [0.3, 0.4) is 0 Å². The van der Waals surface area contributed by atoms with Crippen LogP contribution in [0.15, 0.2) is 0 Å². The second-order valence-corrected chi connectivity index (χ2v) is 7.85. The molecule has 0 fully saturated rings. The van der Waals surface area contributed by atoms with Gasteiger partial charge in [-0.05, 0) is 33.0 Å². The maximum atomic E-state index is 5.41. The fraction of sp³-hybridized carbons (Fsp3) is 1.00. The largest absolute Gasteiger partial charge is 0.500 e. The Balaban J connectivity index is 3.68. The molecule has 0 saturated heterocycles. The summed E-state index contributed by atoms with van der Waals surface area (Å²) in [7, 11) is 4.85. The Bertz CT molecular complexity index is 181. The third-order valence-corrected chi connectivity index (χ3v) is 6.18. The number of nitrogens with zero attached hydrogens (tertiary/aromatic N) is 1. The van der Waals surface area contributed by atoms with Crippen molar-refractivity contribution in [1.82, 2.24) is 4.90 Å². The SMILES string of the molecule is CCCCCCN(C)CCC[Si](OC)(OC)OC. The van der Waals surface area contributed by atoms with E-state index in [1.807, 2.05) is 0 Å². The molecule has 0 saturated carbocycles. The van der Waals surface area contributed by atoms with E-state index >= 15 is 0 Å². The van der Waals surface area contributed by atoms with E-state index in [0.29, 0.717) is 0 Å². The lowest BCUT2D eigenvalue weighted by atomic mass is 10.2. The molecule has 0 spiro atoms. The van der Waals surface area contributed by atoms with E-state index < -0.39 is 8.80 Å². The van der Waals surface area contributed by atoms with Gasteiger partial charge in [-0.3, -0.25) is 0 Å². The molecule has 0 unspecified atom stereocenters. The van der Waals surface area contributed by atoms with E-state index in [2.05, 4.69) is 18.9 Å². The van der Waals surface area contributed by atoms with Gasteiger partial charge in [0.1, 0.15) is 0 Å². The topological polar surface area (TPSA) is 30.9 Å². The van der Waals surface area contributed by atoms with Crippen LogP contribution in [0, 0.1) is 0 Å². The molecular formula is C13H31NO3Si. The molecule has 0 rings (SSSR count). The fourth-order valence-corrected chi connectivity index (χ4v) is 3.75. The van der Waals surface area contributed by atoms with Gasteiger partial charge in [-0.1, -0.05) is 26.2 Å². The first-order chi connectivity index (χ1) is 8.64. The maximum absolute atomic E-state index is 5.41. The van der Waals surface area contributed by atoms with E-state index in [0.717, 1.165) is 19.0 Å². The van der Waals surface area contributed by atoms with Gasteiger partial charge >= 0.3 is 8.80 Å². The lowest BCUT2D eigenvalue weighted by Gasteiger charge is -2.25. The average molecular weight is 277 g/mol. The molecule has 0 amide bonds. The summed E-state index contributed by atoms with van der Waals surface area (Å²) < 4.78 is 16.2. The Morgan fingerprint density at radius 2 is 1.39 bits per heavy atom. The molecule has 110 valence electrons. The summed E-state index contributed by atoms with van der Waals surface area (Å²) in [5, 5.41) is 0. The summed E-state index contributed by atoms with van der Waals surface area (Å²) in [4.78, 5) is 2.38.